The zero-order valence-corrected chi connectivity index (χ0v) is 12.6. The third-order valence-corrected chi connectivity index (χ3v) is 3.60. The van der Waals surface area contributed by atoms with E-state index in [9.17, 15) is 4.79 Å². The lowest BCUT2D eigenvalue weighted by Crippen LogP contribution is -2.23. The molecule has 6 heteroatoms. The van der Waals surface area contributed by atoms with Crippen LogP contribution in [0.5, 0.6) is 0 Å². The second kappa shape index (κ2) is 4.77. The van der Waals surface area contributed by atoms with E-state index in [4.69, 9.17) is 12.2 Å². The minimum absolute atomic E-state index is 0.0478. The highest BCUT2D eigenvalue weighted by Crippen LogP contribution is 2.21. The van der Waals surface area contributed by atoms with Crippen molar-refractivity contribution in [1.82, 2.24) is 19.3 Å². The second-order valence-corrected chi connectivity index (χ2v) is 5.41. The molecule has 2 heterocycles. The molecule has 0 aliphatic rings. The molecule has 19 heavy (non-hydrogen) atoms. The van der Waals surface area contributed by atoms with Gasteiger partial charge in [0.1, 0.15) is 0 Å². The Morgan fingerprint density at radius 1 is 1.37 bits per heavy atom. The Labute approximate surface area is 116 Å². The predicted molar refractivity (Wildman–Crippen MR) is 77.9 cm³/mol. The minimum Gasteiger partial charge on any atom is -0.315 e. The molecule has 0 aliphatic carbocycles. The van der Waals surface area contributed by atoms with E-state index in [1.165, 1.54) is 0 Å². The van der Waals surface area contributed by atoms with Gasteiger partial charge < -0.3 is 4.57 Å². The molecule has 2 aromatic rings. The summed E-state index contributed by atoms with van der Waals surface area (Å²) in [6.45, 7) is 7.87. The molecule has 0 fully saturated rings. The molecule has 0 saturated heterocycles. The van der Waals surface area contributed by atoms with Crippen LogP contribution in [0.4, 0.5) is 0 Å². The van der Waals surface area contributed by atoms with E-state index < -0.39 is 0 Å². The summed E-state index contributed by atoms with van der Waals surface area (Å²) in [7, 11) is 1.77. The van der Waals surface area contributed by atoms with E-state index in [-0.39, 0.29) is 11.6 Å². The second-order valence-electron chi connectivity index (χ2n) is 5.02. The number of H-pyrrole nitrogens is 1. The molecule has 0 aliphatic heterocycles. The van der Waals surface area contributed by atoms with Crippen LogP contribution in [0.1, 0.15) is 31.1 Å². The third kappa shape index (κ3) is 2.16. The molecule has 0 atom stereocenters. The van der Waals surface area contributed by atoms with E-state index in [2.05, 4.69) is 10.2 Å². The summed E-state index contributed by atoms with van der Waals surface area (Å²) < 4.78 is 4.03. The van der Waals surface area contributed by atoms with Crippen LogP contribution in [-0.2, 0) is 7.05 Å². The van der Waals surface area contributed by atoms with Crippen molar-refractivity contribution in [3.63, 3.8) is 0 Å². The standard InChI is InChI=1S/C13H18N4OS/c1-7(2)17-11(14-15-13(17)19)10-8(3)6-9(4)16(5)12(10)18/h6-7H,1-5H3,(H,15,19). The minimum atomic E-state index is -0.0478. The largest absolute Gasteiger partial charge is 0.315 e. The number of aromatic amines is 1. The predicted octanol–water partition coefficient (Wildman–Crippen LogP) is 2.50. The number of nitrogens with zero attached hydrogens (tertiary/aromatic N) is 3. The van der Waals surface area contributed by atoms with Crippen LogP contribution in [0.3, 0.4) is 0 Å². The van der Waals surface area contributed by atoms with Gasteiger partial charge in [-0.2, -0.15) is 5.10 Å². The van der Waals surface area contributed by atoms with Gasteiger partial charge in [-0.1, -0.05) is 0 Å². The molecule has 0 saturated carbocycles. The highest BCUT2D eigenvalue weighted by atomic mass is 32.1. The average Bonchev–Trinajstić information content (AvgIpc) is 2.68. The zero-order chi connectivity index (χ0) is 14.3. The Kier molecular flexibility index (Phi) is 3.45. The van der Waals surface area contributed by atoms with Crippen molar-refractivity contribution in [2.45, 2.75) is 33.7 Å². The fourth-order valence-electron chi connectivity index (χ4n) is 2.21. The molecule has 1 N–H and O–H groups in total. The van der Waals surface area contributed by atoms with Crippen LogP contribution < -0.4 is 5.56 Å². The van der Waals surface area contributed by atoms with Gasteiger partial charge in [0, 0.05) is 18.8 Å². The molecule has 0 unspecified atom stereocenters. The maximum Gasteiger partial charge on any atom is 0.261 e. The van der Waals surface area contributed by atoms with Gasteiger partial charge in [0.15, 0.2) is 10.6 Å². The van der Waals surface area contributed by atoms with E-state index in [1.807, 2.05) is 38.3 Å². The summed E-state index contributed by atoms with van der Waals surface area (Å²) in [6, 6.07) is 2.13. The highest BCUT2D eigenvalue weighted by molar-refractivity contribution is 7.71. The van der Waals surface area contributed by atoms with Crippen molar-refractivity contribution in [2.75, 3.05) is 0 Å². The number of nitrogens with one attached hydrogen (secondary N) is 1. The lowest BCUT2D eigenvalue weighted by Gasteiger charge is -2.13. The van der Waals surface area contributed by atoms with Crippen molar-refractivity contribution in [3.8, 4) is 11.4 Å². The molecule has 2 rings (SSSR count). The number of hydrogen-bond acceptors (Lipinski definition) is 3. The summed E-state index contributed by atoms with van der Waals surface area (Å²) >= 11 is 5.23. The summed E-state index contributed by atoms with van der Waals surface area (Å²) in [5.41, 5.74) is 2.40. The molecule has 0 bridgehead atoms. The summed E-state index contributed by atoms with van der Waals surface area (Å²) in [5, 5.41) is 7.01. The normalized spacial score (nSPS) is 11.3. The Balaban J connectivity index is 2.85. The van der Waals surface area contributed by atoms with Gasteiger partial charge >= 0.3 is 0 Å². The Morgan fingerprint density at radius 3 is 2.58 bits per heavy atom. The van der Waals surface area contributed by atoms with Gasteiger partial charge in [0.2, 0.25) is 0 Å². The van der Waals surface area contributed by atoms with Crippen LogP contribution in [0.15, 0.2) is 10.9 Å². The lowest BCUT2D eigenvalue weighted by atomic mass is 10.1. The van der Waals surface area contributed by atoms with Crippen molar-refractivity contribution < 1.29 is 0 Å². The van der Waals surface area contributed by atoms with Crippen LogP contribution in [0.25, 0.3) is 11.4 Å². The molecule has 2 aromatic heterocycles. The molecule has 0 amide bonds. The fraction of sp³-hybridized carbons (Fsp3) is 0.462. The first kappa shape index (κ1) is 13.7. The Bertz CT molecular complexity index is 736. The van der Waals surface area contributed by atoms with E-state index in [0.717, 1.165) is 11.3 Å². The third-order valence-electron chi connectivity index (χ3n) is 3.31. The highest BCUT2D eigenvalue weighted by Gasteiger charge is 2.18. The molecule has 5 nitrogen and oxygen atoms in total. The first-order chi connectivity index (χ1) is 8.84. The van der Waals surface area contributed by atoms with E-state index in [0.29, 0.717) is 16.2 Å². The summed E-state index contributed by atoms with van der Waals surface area (Å²) in [4.78, 5) is 12.5. The number of hydrogen-bond donors (Lipinski definition) is 1. The zero-order valence-electron chi connectivity index (χ0n) is 11.8. The van der Waals surface area contributed by atoms with E-state index >= 15 is 0 Å². The quantitative estimate of drug-likeness (QED) is 0.859. The molecular formula is C13H18N4OS. The van der Waals surface area contributed by atoms with Crippen LogP contribution >= 0.6 is 12.2 Å². The smallest absolute Gasteiger partial charge is 0.261 e. The number of aromatic nitrogens is 4. The van der Waals surface area contributed by atoms with Gasteiger partial charge in [-0.3, -0.25) is 14.5 Å². The number of rotatable bonds is 2. The number of pyridine rings is 1. The molecule has 0 aromatic carbocycles. The van der Waals surface area contributed by atoms with Crippen molar-refractivity contribution in [2.24, 2.45) is 7.05 Å². The van der Waals surface area contributed by atoms with Crippen LogP contribution in [0, 0.1) is 18.6 Å². The first-order valence-electron chi connectivity index (χ1n) is 6.19. The van der Waals surface area contributed by atoms with Crippen molar-refractivity contribution >= 4 is 12.2 Å². The maximum atomic E-state index is 12.5. The van der Waals surface area contributed by atoms with Crippen molar-refractivity contribution in [3.05, 3.63) is 32.4 Å². The lowest BCUT2D eigenvalue weighted by molar-refractivity contribution is 0.596. The number of aryl methyl sites for hydroxylation is 2. The molecular weight excluding hydrogens is 260 g/mol. The fourth-order valence-corrected chi connectivity index (χ4v) is 2.55. The van der Waals surface area contributed by atoms with Crippen molar-refractivity contribution in [1.29, 1.82) is 0 Å². The monoisotopic (exact) mass is 278 g/mol. The van der Waals surface area contributed by atoms with Gasteiger partial charge in [0.25, 0.3) is 5.56 Å². The van der Waals surface area contributed by atoms with Crippen LogP contribution in [-0.4, -0.2) is 19.3 Å². The van der Waals surface area contributed by atoms with Gasteiger partial charge in [-0.05, 0) is 51.5 Å². The summed E-state index contributed by atoms with van der Waals surface area (Å²) in [5.74, 6) is 0.609. The Morgan fingerprint density at radius 2 is 2.00 bits per heavy atom. The first-order valence-corrected chi connectivity index (χ1v) is 6.60. The average molecular weight is 278 g/mol. The Hall–Kier alpha value is -1.69. The maximum absolute atomic E-state index is 12.5. The molecule has 102 valence electrons. The molecule has 0 radical (unpaired) electrons. The van der Waals surface area contributed by atoms with Gasteiger partial charge in [0.05, 0.1) is 5.56 Å². The van der Waals surface area contributed by atoms with Gasteiger partial charge in [-0.15, -0.1) is 0 Å². The van der Waals surface area contributed by atoms with Gasteiger partial charge in [-0.25, -0.2) is 0 Å². The SMILES string of the molecule is Cc1cc(C)n(C)c(=O)c1-c1n[nH]c(=S)n1C(C)C. The topological polar surface area (TPSA) is 55.6 Å². The van der Waals surface area contributed by atoms with Crippen LogP contribution in [0.2, 0.25) is 0 Å². The van der Waals surface area contributed by atoms with E-state index in [1.54, 1.807) is 11.6 Å². The molecule has 0 spiro atoms. The summed E-state index contributed by atoms with van der Waals surface area (Å²) in [6.07, 6.45) is 0.